The number of hydrogen-bond donors (Lipinski definition) is 1. The molecular weight excluding hydrogens is 272 g/mol. The molecule has 1 fully saturated rings. The van der Waals surface area contributed by atoms with Gasteiger partial charge in [-0.1, -0.05) is 30.3 Å². The molecule has 0 unspecified atom stereocenters. The highest BCUT2D eigenvalue weighted by molar-refractivity contribution is 6.28. The number of aromatic nitrogens is 2. The van der Waals surface area contributed by atoms with Crippen molar-refractivity contribution >= 4 is 17.4 Å². The fourth-order valence-electron chi connectivity index (χ4n) is 2.56. The van der Waals surface area contributed by atoms with Gasteiger partial charge in [0.2, 0.25) is 5.28 Å². The second kappa shape index (κ2) is 6.20. The molecule has 2 aromatic rings. The zero-order valence-electron chi connectivity index (χ0n) is 11.2. The Bertz CT molecular complexity index is 561. The molecule has 0 aliphatic carbocycles. The Morgan fingerprint density at radius 1 is 1.25 bits per heavy atom. The number of nitrogens with one attached hydrogen (secondary N) is 1. The smallest absolute Gasteiger partial charge is 0.224 e. The molecule has 5 heteroatoms. The molecule has 1 aromatic carbocycles. The minimum atomic E-state index is 0.286. The van der Waals surface area contributed by atoms with E-state index in [1.807, 2.05) is 6.07 Å². The van der Waals surface area contributed by atoms with Gasteiger partial charge >= 0.3 is 0 Å². The highest BCUT2D eigenvalue weighted by atomic mass is 35.5. The minimum absolute atomic E-state index is 0.286. The van der Waals surface area contributed by atoms with Crippen molar-refractivity contribution in [3.63, 3.8) is 0 Å². The second-order valence-corrected chi connectivity index (χ2v) is 5.40. The molecule has 3 rings (SSSR count). The van der Waals surface area contributed by atoms with Gasteiger partial charge in [0.1, 0.15) is 5.82 Å². The SMILES string of the molecule is Clc1nccc(N[C@H]2CCN(Cc3ccccc3)C2)n1. The van der Waals surface area contributed by atoms with Crippen LogP contribution >= 0.6 is 11.6 Å². The molecule has 1 N–H and O–H groups in total. The Balaban J connectivity index is 1.54. The Labute approximate surface area is 123 Å². The molecule has 1 atom stereocenters. The van der Waals surface area contributed by atoms with Crippen LogP contribution in [-0.4, -0.2) is 34.0 Å². The zero-order chi connectivity index (χ0) is 13.8. The molecule has 20 heavy (non-hydrogen) atoms. The third-order valence-electron chi connectivity index (χ3n) is 3.50. The Morgan fingerprint density at radius 3 is 2.90 bits per heavy atom. The predicted octanol–water partition coefficient (Wildman–Crippen LogP) is 2.82. The summed E-state index contributed by atoms with van der Waals surface area (Å²) in [5, 5.41) is 3.71. The zero-order valence-corrected chi connectivity index (χ0v) is 11.9. The lowest BCUT2D eigenvalue weighted by Gasteiger charge is -2.17. The first kappa shape index (κ1) is 13.3. The highest BCUT2D eigenvalue weighted by Gasteiger charge is 2.22. The van der Waals surface area contributed by atoms with E-state index in [2.05, 4.69) is 50.5 Å². The average Bonchev–Trinajstić information content (AvgIpc) is 2.87. The van der Waals surface area contributed by atoms with Crippen LogP contribution in [0.25, 0.3) is 0 Å². The lowest BCUT2D eigenvalue weighted by molar-refractivity contribution is 0.328. The Kier molecular flexibility index (Phi) is 4.14. The van der Waals surface area contributed by atoms with Crippen LogP contribution < -0.4 is 5.32 Å². The number of likely N-dealkylation sites (tertiary alicyclic amines) is 1. The number of nitrogens with zero attached hydrogens (tertiary/aromatic N) is 3. The van der Waals surface area contributed by atoms with Crippen LogP contribution in [0, 0.1) is 0 Å². The monoisotopic (exact) mass is 288 g/mol. The van der Waals surface area contributed by atoms with Gasteiger partial charge in [0, 0.05) is 31.9 Å². The molecule has 4 nitrogen and oxygen atoms in total. The van der Waals surface area contributed by atoms with E-state index in [0.29, 0.717) is 6.04 Å². The van der Waals surface area contributed by atoms with Gasteiger partial charge in [0.25, 0.3) is 0 Å². The maximum absolute atomic E-state index is 5.79. The van der Waals surface area contributed by atoms with Crippen LogP contribution in [0.4, 0.5) is 5.82 Å². The van der Waals surface area contributed by atoms with E-state index < -0.39 is 0 Å². The molecule has 1 aromatic heterocycles. The molecule has 0 bridgehead atoms. The van der Waals surface area contributed by atoms with E-state index in [1.54, 1.807) is 6.20 Å². The molecule has 0 amide bonds. The van der Waals surface area contributed by atoms with Crippen LogP contribution in [0.2, 0.25) is 5.28 Å². The van der Waals surface area contributed by atoms with Crippen molar-refractivity contribution in [2.75, 3.05) is 18.4 Å². The second-order valence-electron chi connectivity index (χ2n) is 5.06. The summed E-state index contributed by atoms with van der Waals surface area (Å²) in [6, 6.07) is 12.8. The standard InChI is InChI=1S/C15H17ClN4/c16-15-17-8-6-14(19-15)18-13-7-9-20(11-13)10-12-4-2-1-3-5-12/h1-6,8,13H,7,9-11H2,(H,17,18,19)/t13-/m0/s1. The van der Waals surface area contributed by atoms with Crippen LogP contribution in [0.3, 0.4) is 0 Å². The number of anilines is 1. The first-order chi connectivity index (χ1) is 9.79. The quantitative estimate of drug-likeness (QED) is 0.879. The summed E-state index contributed by atoms with van der Waals surface area (Å²) in [6.45, 7) is 3.13. The van der Waals surface area contributed by atoms with Crippen molar-refractivity contribution in [1.29, 1.82) is 0 Å². The fourth-order valence-corrected chi connectivity index (χ4v) is 2.71. The largest absolute Gasteiger partial charge is 0.366 e. The Hall–Kier alpha value is -1.65. The maximum atomic E-state index is 5.79. The van der Waals surface area contributed by atoms with Gasteiger partial charge in [-0.05, 0) is 29.7 Å². The molecule has 0 saturated carbocycles. The first-order valence-corrected chi connectivity index (χ1v) is 7.19. The number of rotatable bonds is 4. The lowest BCUT2D eigenvalue weighted by atomic mass is 10.2. The molecule has 1 aliphatic heterocycles. The third-order valence-corrected chi connectivity index (χ3v) is 3.68. The summed E-state index contributed by atoms with van der Waals surface area (Å²) in [5.74, 6) is 0.802. The molecule has 104 valence electrons. The minimum Gasteiger partial charge on any atom is -0.366 e. The van der Waals surface area contributed by atoms with Gasteiger partial charge in [0.05, 0.1) is 0 Å². The van der Waals surface area contributed by atoms with E-state index in [0.717, 1.165) is 31.9 Å². The summed E-state index contributed by atoms with van der Waals surface area (Å²) in [6.07, 6.45) is 2.79. The molecule has 1 aliphatic rings. The lowest BCUT2D eigenvalue weighted by Crippen LogP contribution is -2.26. The Morgan fingerprint density at radius 2 is 2.10 bits per heavy atom. The normalized spacial score (nSPS) is 19.1. The van der Waals surface area contributed by atoms with Crippen LogP contribution in [0.1, 0.15) is 12.0 Å². The highest BCUT2D eigenvalue weighted by Crippen LogP contribution is 2.17. The van der Waals surface area contributed by atoms with Crippen LogP contribution in [0.5, 0.6) is 0 Å². The molecule has 0 radical (unpaired) electrons. The van der Waals surface area contributed by atoms with Crippen LogP contribution in [-0.2, 0) is 6.54 Å². The molecule has 2 heterocycles. The number of halogens is 1. The summed E-state index contributed by atoms with van der Waals surface area (Å²) < 4.78 is 0. The summed E-state index contributed by atoms with van der Waals surface area (Å²) in [4.78, 5) is 10.5. The maximum Gasteiger partial charge on any atom is 0.224 e. The van der Waals surface area contributed by atoms with E-state index in [-0.39, 0.29) is 5.28 Å². The van der Waals surface area contributed by atoms with Gasteiger partial charge in [0.15, 0.2) is 0 Å². The molecule has 1 saturated heterocycles. The van der Waals surface area contributed by atoms with E-state index in [9.17, 15) is 0 Å². The van der Waals surface area contributed by atoms with Gasteiger partial charge < -0.3 is 5.32 Å². The van der Waals surface area contributed by atoms with E-state index in [1.165, 1.54) is 5.56 Å². The van der Waals surface area contributed by atoms with Crippen LogP contribution in [0.15, 0.2) is 42.6 Å². The van der Waals surface area contributed by atoms with Crippen molar-refractivity contribution in [1.82, 2.24) is 14.9 Å². The third kappa shape index (κ3) is 3.46. The summed E-state index contributed by atoms with van der Waals surface area (Å²) >= 11 is 5.79. The van der Waals surface area contributed by atoms with Gasteiger partial charge in [-0.25, -0.2) is 9.97 Å². The fraction of sp³-hybridized carbons (Fsp3) is 0.333. The van der Waals surface area contributed by atoms with Crippen molar-refractivity contribution in [2.45, 2.75) is 19.0 Å². The van der Waals surface area contributed by atoms with Gasteiger partial charge in [-0.15, -0.1) is 0 Å². The first-order valence-electron chi connectivity index (χ1n) is 6.81. The average molecular weight is 289 g/mol. The molecular formula is C15H17ClN4. The predicted molar refractivity (Wildman–Crippen MR) is 80.8 cm³/mol. The summed E-state index contributed by atoms with van der Waals surface area (Å²) in [5.41, 5.74) is 1.36. The topological polar surface area (TPSA) is 41.1 Å². The van der Waals surface area contributed by atoms with Crippen molar-refractivity contribution in [2.24, 2.45) is 0 Å². The number of hydrogen-bond acceptors (Lipinski definition) is 4. The van der Waals surface area contributed by atoms with Gasteiger partial charge in [-0.3, -0.25) is 4.90 Å². The number of benzene rings is 1. The van der Waals surface area contributed by atoms with Crippen molar-refractivity contribution in [3.05, 3.63) is 53.4 Å². The van der Waals surface area contributed by atoms with E-state index >= 15 is 0 Å². The summed E-state index contributed by atoms with van der Waals surface area (Å²) in [7, 11) is 0. The van der Waals surface area contributed by atoms with E-state index in [4.69, 9.17) is 11.6 Å². The molecule has 0 spiro atoms. The van der Waals surface area contributed by atoms with Gasteiger partial charge in [-0.2, -0.15) is 0 Å². The van der Waals surface area contributed by atoms with Crippen molar-refractivity contribution < 1.29 is 0 Å². The van der Waals surface area contributed by atoms with Crippen molar-refractivity contribution in [3.8, 4) is 0 Å².